The number of ether oxygens (including phenoxy) is 1. The van der Waals surface area contributed by atoms with E-state index in [9.17, 15) is 9.59 Å². The zero-order valence-electron chi connectivity index (χ0n) is 15.4. The molecule has 1 N–H and O–H groups in total. The van der Waals surface area contributed by atoms with Crippen LogP contribution in [0.4, 0.5) is 11.4 Å². The number of aromatic nitrogens is 2. The van der Waals surface area contributed by atoms with Crippen molar-refractivity contribution in [2.75, 3.05) is 17.3 Å². The van der Waals surface area contributed by atoms with Crippen molar-refractivity contribution in [3.05, 3.63) is 54.0 Å². The fraction of sp³-hybridized carbons (Fsp3) is 0.250. The average Bonchev–Trinajstić information content (AvgIpc) is 3.05. The van der Waals surface area contributed by atoms with Crippen molar-refractivity contribution in [3.8, 4) is 5.75 Å². The highest BCUT2D eigenvalue weighted by Crippen LogP contribution is 2.35. The molecule has 2 aromatic heterocycles. The number of aryl methyl sites for hydroxylation is 1. The topological polar surface area (TPSA) is 75.9 Å². The van der Waals surface area contributed by atoms with E-state index in [2.05, 4.69) is 10.3 Å². The lowest BCUT2D eigenvalue weighted by Gasteiger charge is -2.30. The molecule has 3 aromatic rings. The van der Waals surface area contributed by atoms with Gasteiger partial charge in [0.25, 0.3) is 5.91 Å². The van der Waals surface area contributed by atoms with Gasteiger partial charge in [-0.3, -0.25) is 9.59 Å². The summed E-state index contributed by atoms with van der Waals surface area (Å²) in [5.74, 6) is 0.351. The van der Waals surface area contributed by atoms with Crippen LogP contribution in [0.15, 0.2) is 42.7 Å². The average molecular weight is 364 g/mol. The molecule has 0 spiro atoms. The van der Waals surface area contributed by atoms with Crippen LogP contribution in [0.5, 0.6) is 5.75 Å². The van der Waals surface area contributed by atoms with Crippen molar-refractivity contribution >= 4 is 28.8 Å². The van der Waals surface area contributed by atoms with Crippen LogP contribution in [0.2, 0.25) is 0 Å². The summed E-state index contributed by atoms with van der Waals surface area (Å²) < 4.78 is 7.52. The second-order valence-corrected chi connectivity index (χ2v) is 6.70. The zero-order valence-corrected chi connectivity index (χ0v) is 15.4. The summed E-state index contributed by atoms with van der Waals surface area (Å²) in [5, 5.41) is 2.88. The molecule has 1 unspecified atom stereocenters. The van der Waals surface area contributed by atoms with E-state index in [1.54, 1.807) is 43.3 Å². The second-order valence-electron chi connectivity index (χ2n) is 6.70. The van der Waals surface area contributed by atoms with Crippen LogP contribution in [-0.2, 0) is 16.0 Å². The predicted octanol–water partition coefficient (Wildman–Crippen LogP) is 2.57. The van der Waals surface area contributed by atoms with Crippen LogP contribution >= 0.6 is 0 Å². The van der Waals surface area contributed by atoms with Gasteiger partial charge in [-0.05, 0) is 43.7 Å². The minimum atomic E-state index is -0.512. The number of hydrogen-bond donors (Lipinski definition) is 1. The van der Waals surface area contributed by atoms with E-state index in [1.165, 1.54) is 0 Å². The maximum absolute atomic E-state index is 12.5. The molecule has 1 atom stereocenters. The summed E-state index contributed by atoms with van der Waals surface area (Å²) in [7, 11) is 1.70. The standard InChI is InChI=1S/C20H20N4O3/c1-12-5-4-8-24-15(11-21-19(12)24)10-18(25)22-14-6-7-17-16(9-14)23(3)20(26)13(2)27-17/h4-9,11,13H,10H2,1-3H3,(H,22,25). The largest absolute Gasteiger partial charge is 0.479 e. The van der Waals surface area contributed by atoms with Gasteiger partial charge >= 0.3 is 0 Å². The molecular weight excluding hydrogens is 344 g/mol. The quantitative estimate of drug-likeness (QED) is 0.775. The zero-order chi connectivity index (χ0) is 19.1. The normalized spacial score (nSPS) is 16.2. The molecule has 0 saturated heterocycles. The number of pyridine rings is 1. The lowest BCUT2D eigenvalue weighted by Crippen LogP contribution is -2.42. The van der Waals surface area contributed by atoms with Crippen molar-refractivity contribution in [3.63, 3.8) is 0 Å². The van der Waals surface area contributed by atoms with Crippen LogP contribution in [0.25, 0.3) is 5.65 Å². The van der Waals surface area contributed by atoms with Gasteiger partial charge in [-0.2, -0.15) is 0 Å². The van der Waals surface area contributed by atoms with E-state index in [-0.39, 0.29) is 18.2 Å². The number of likely N-dealkylation sites (N-methyl/N-ethyl adjacent to an activating group) is 1. The third-order valence-corrected chi connectivity index (χ3v) is 4.74. The van der Waals surface area contributed by atoms with Gasteiger partial charge in [-0.1, -0.05) is 6.07 Å². The SMILES string of the molecule is Cc1cccn2c(CC(=O)Nc3ccc4c(c3)N(C)C(=O)C(C)O4)cnc12. The Kier molecular flexibility index (Phi) is 4.07. The number of imidazole rings is 1. The molecule has 1 aliphatic rings. The van der Waals surface area contributed by atoms with Gasteiger partial charge in [0.05, 0.1) is 17.8 Å². The summed E-state index contributed by atoms with van der Waals surface area (Å²) in [4.78, 5) is 30.5. The molecule has 0 fully saturated rings. The number of rotatable bonds is 3. The third-order valence-electron chi connectivity index (χ3n) is 4.74. The highest BCUT2D eigenvalue weighted by molar-refractivity contribution is 6.00. The number of hydrogen-bond acceptors (Lipinski definition) is 4. The highest BCUT2D eigenvalue weighted by Gasteiger charge is 2.29. The molecule has 0 bridgehead atoms. The van der Waals surface area contributed by atoms with Crippen molar-refractivity contribution in [1.82, 2.24) is 9.38 Å². The number of carbonyl (C=O) groups is 2. The Morgan fingerprint density at radius 2 is 2.15 bits per heavy atom. The number of benzene rings is 1. The smallest absolute Gasteiger partial charge is 0.267 e. The number of nitrogens with one attached hydrogen (secondary N) is 1. The molecular formula is C20H20N4O3. The van der Waals surface area contributed by atoms with Crippen molar-refractivity contribution in [2.45, 2.75) is 26.4 Å². The first-order valence-corrected chi connectivity index (χ1v) is 8.73. The fourth-order valence-electron chi connectivity index (χ4n) is 3.29. The number of nitrogens with zero attached hydrogens (tertiary/aromatic N) is 3. The van der Waals surface area contributed by atoms with Gasteiger partial charge < -0.3 is 19.4 Å². The van der Waals surface area contributed by atoms with Gasteiger partial charge in [0.15, 0.2) is 6.10 Å². The predicted molar refractivity (Wildman–Crippen MR) is 102 cm³/mol. The Bertz CT molecular complexity index is 1060. The van der Waals surface area contributed by atoms with Crippen molar-refractivity contribution in [1.29, 1.82) is 0 Å². The maximum Gasteiger partial charge on any atom is 0.267 e. The molecule has 27 heavy (non-hydrogen) atoms. The number of carbonyl (C=O) groups excluding carboxylic acids is 2. The summed E-state index contributed by atoms with van der Waals surface area (Å²) in [6.07, 6.45) is 3.30. The Morgan fingerprint density at radius 1 is 1.33 bits per heavy atom. The number of fused-ring (bicyclic) bond motifs is 2. The van der Waals surface area contributed by atoms with Crippen molar-refractivity contribution in [2.24, 2.45) is 0 Å². The Labute approximate surface area is 156 Å². The number of anilines is 2. The first kappa shape index (κ1) is 17.1. The van der Waals surface area contributed by atoms with E-state index in [4.69, 9.17) is 4.74 Å². The molecule has 0 aliphatic carbocycles. The molecule has 138 valence electrons. The first-order valence-electron chi connectivity index (χ1n) is 8.73. The van der Waals surface area contributed by atoms with Gasteiger partial charge in [-0.25, -0.2) is 4.98 Å². The summed E-state index contributed by atoms with van der Waals surface area (Å²) in [5.41, 5.74) is 3.97. The highest BCUT2D eigenvalue weighted by atomic mass is 16.5. The molecule has 7 heteroatoms. The molecule has 1 aliphatic heterocycles. The Morgan fingerprint density at radius 3 is 2.96 bits per heavy atom. The Hall–Kier alpha value is -3.35. The van der Waals surface area contributed by atoms with E-state index in [1.807, 2.05) is 29.7 Å². The molecule has 0 saturated carbocycles. The summed E-state index contributed by atoms with van der Waals surface area (Å²) in [6, 6.07) is 9.20. The lowest BCUT2D eigenvalue weighted by molar-refractivity contribution is -0.125. The molecule has 4 rings (SSSR count). The van der Waals surface area contributed by atoms with E-state index < -0.39 is 6.10 Å². The molecule has 7 nitrogen and oxygen atoms in total. The molecule has 2 amide bonds. The van der Waals surface area contributed by atoms with Crippen LogP contribution in [0, 0.1) is 6.92 Å². The third kappa shape index (κ3) is 3.01. The minimum absolute atomic E-state index is 0.118. The van der Waals surface area contributed by atoms with Gasteiger partial charge in [0.1, 0.15) is 11.4 Å². The Balaban J connectivity index is 1.53. The van der Waals surface area contributed by atoms with Crippen LogP contribution in [0.3, 0.4) is 0 Å². The van der Waals surface area contributed by atoms with Crippen LogP contribution in [-0.4, -0.2) is 34.4 Å². The molecule has 3 heterocycles. The molecule has 1 aromatic carbocycles. The van der Waals surface area contributed by atoms with Gasteiger partial charge in [-0.15, -0.1) is 0 Å². The van der Waals surface area contributed by atoms with E-state index >= 15 is 0 Å². The second kappa shape index (κ2) is 6.42. The lowest BCUT2D eigenvalue weighted by atomic mass is 10.1. The van der Waals surface area contributed by atoms with Gasteiger partial charge in [0.2, 0.25) is 5.91 Å². The van der Waals surface area contributed by atoms with E-state index in [0.29, 0.717) is 17.1 Å². The van der Waals surface area contributed by atoms with Crippen LogP contribution in [0.1, 0.15) is 18.2 Å². The fourth-order valence-corrected chi connectivity index (χ4v) is 3.29. The molecule has 0 radical (unpaired) electrons. The van der Waals surface area contributed by atoms with E-state index in [0.717, 1.165) is 16.9 Å². The summed E-state index contributed by atoms with van der Waals surface area (Å²) >= 11 is 0. The monoisotopic (exact) mass is 364 g/mol. The summed E-state index contributed by atoms with van der Waals surface area (Å²) in [6.45, 7) is 3.70. The first-order chi connectivity index (χ1) is 12.9. The van der Waals surface area contributed by atoms with Gasteiger partial charge in [0, 0.05) is 25.1 Å². The number of amides is 2. The van der Waals surface area contributed by atoms with Crippen molar-refractivity contribution < 1.29 is 14.3 Å². The minimum Gasteiger partial charge on any atom is -0.479 e. The maximum atomic E-state index is 12.5. The van der Waals surface area contributed by atoms with Crippen LogP contribution < -0.4 is 15.0 Å².